The third-order valence-electron chi connectivity index (χ3n) is 2.45. The first-order chi connectivity index (χ1) is 8.64. The Kier molecular flexibility index (Phi) is 4.47. The quantitative estimate of drug-likeness (QED) is 0.755. The molecule has 0 aromatic carbocycles. The summed E-state index contributed by atoms with van der Waals surface area (Å²) >= 11 is 0. The van der Waals surface area contributed by atoms with Gasteiger partial charge >= 0.3 is 0 Å². The number of hydrogen-bond acceptors (Lipinski definition) is 5. The van der Waals surface area contributed by atoms with Gasteiger partial charge in [-0.25, -0.2) is 0 Å². The van der Waals surface area contributed by atoms with Crippen LogP contribution in [-0.4, -0.2) is 28.2 Å². The minimum atomic E-state index is -0.594. The third kappa shape index (κ3) is 4.82. The van der Waals surface area contributed by atoms with E-state index in [1.54, 1.807) is 0 Å². The Morgan fingerprint density at radius 1 is 1.21 bits per heavy atom. The van der Waals surface area contributed by atoms with Crippen LogP contribution in [-0.2, 0) is 10.3 Å². The normalized spacial score (nSPS) is 12.1. The van der Waals surface area contributed by atoms with Crippen molar-refractivity contribution < 1.29 is 4.79 Å². The molecule has 6 nitrogen and oxygen atoms in total. The maximum Gasteiger partial charge on any atom is 0.234 e. The largest absolute Gasteiger partial charge is 0.364 e. The number of aromatic nitrogens is 2. The predicted molar refractivity (Wildman–Crippen MR) is 75.6 cm³/mol. The second-order valence-corrected chi connectivity index (χ2v) is 6.06. The lowest BCUT2D eigenvalue weighted by Gasteiger charge is -2.26. The lowest BCUT2D eigenvalue weighted by Crippen LogP contribution is -2.44. The highest BCUT2D eigenvalue weighted by Crippen LogP contribution is 2.18. The monoisotopic (exact) mass is 265 g/mol. The molecule has 6 heteroatoms. The van der Waals surface area contributed by atoms with Crippen LogP contribution in [0.2, 0.25) is 0 Å². The van der Waals surface area contributed by atoms with Crippen molar-refractivity contribution in [2.45, 2.75) is 45.7 Å². The number of nitrogens with two attached hydrogens (primary N) is 1. The summed E-state index contributed by atoms with van der Waals surface area (Å²) in [5, 5.41) is 14.3. The number of carbonyl (C=O) groups is 1. The van der Waals surface area contributed by atoms with Gasteiger partial charge in [-0.2, -0.15) is 5.10 Å². The first-order valence-electron chi connectivity index (χ1n) is 6.27. The SMILES string of the molecule is CC(C)(C)Nc1ccc(C(C)(C)NC(=O)CN)nn1. The van der Waals surface area contributed by atoms with Crippen molar-refractivity contribution >= 4 is 11.7 Å². The number of hydrogen-bond donors (Lipinski definition) is 3. The van der Waals surface area contributed by atoms with E-state index in [9.17, 15) is 4.79 Å². The number of rotatable bonds is 4. The Morgan fingerprint density at radius 2 is 1.84 bits per heavy atom. The lowest BCUT2D eigenvalue weighted by atomic mass is 10.00. The van der Waals surface area contributed by atoms with Crippen LogP contribution in [0, 0.1) is 0 Å². The molecule has 0 radical (unpaired) electrons. The number of nitrogens with one attached hydrogen (secondary N) is 2. The highest BCUT2D eigenvalue weighted by atomic mass is 16.2. The van der Waals surface area contributed by atoms with Gasteiger partial charge in [0, 0.05) is 5.54 Å². The molecule has 1 amide bonds. The van der Waals surface area contributed by atoms with Crippen LogP contribution in [0.15, 0.2) is 12.1 Å². The minimum absolute atomic E-state index is 0.0411. The smallest absolute Gasteiger partial charge is 0.234 e. The van der Waals surface area contributed by atoms with E-state index in [0.717, 1.165) is 0 Å². The van der Waals surface area contributed by atoms with E-state index in [-0.39, 0.29) is 18.0 Å². The zero-order valence-electron chi connectivity index (χ0n) is 12.2. The fourth-order valence-corrected chi connectivity index (χ4v) is 1.58. The molecule has 19 heavy (non-hydrogen) atoms. The first-order valence-corrected chi connectivity index (χ1v) is 6.27. The molecule has 1 aromatic heterocycles. The molecule has 0 atom stereocenters. The van der Waals surface area contributed by atoms with E-state index in [0.29, 0.717) is 11.5 Å². The van der Waals surface area contributed by atoms with E-state index >= 15 is 0 Å². The molecule has 0 aliphatic carbocycles. The lowest BCUT2D eigenvalue weighted by molar-refractivity contribution is -0.121. The van der Waals surface area contributed by atoms with E-state index < -0.39 is 5.54 Å². The summed E-state index contributed by atoms with van der Waals surface area (Å²) in [5.74, 6) is 0.487. The molecular weight excluding hydrogens is 242 g/mol. The molecule has 0 unspecified atom stereocenters. The number of nitrogens with zero attached hydrogens (tertiary/aromatic N) is 2. The standard InChI is InChI=1S/C13H23N5O/c1-12(2,3)15-10-7-6-9(17-18-10)13(4,5)16-11(19)8-14/h6-7H,8,14H2,1-5H3,(H,15,18)(H,16,19). The van der Waals surface area contributed by atoms with Crippen LogP contribution in [0.25, 0.3) is 0 Å². The second kappa shape index (κ2) is 5.52. The maximum absolute atomic E-state index is 11.4. The van der Waals surface area contributed by atoms with Crippen LogP contribution in [0.4, 0.5) is 5.82 Å². The molecule has 0 spiro atoms. The van der Waals surface area contributed by atoms with Gasteiger partial charge in [0.25, 0.3) is 0 Å². The Labute approximate surface area is 114 Å². The van der Waals surface area contributed by atoms with Gasteiger partial charge in [0.05, 0.1) is 17.8 Å². The highest BCUT2D eigenvalue weighted by molar-refractivity contribution is 5.78. The fourth-order valence-electron chi connectivity index (χ4n) is 1.58. The van der Waals surface area contributed by atoms with Crippen LogP contribution >= 0.6 is 0 Å². The summed E-state index contributed by atoms with van der Waals surface area (Å²) in [7, 11) is 0. The van der Waals surface area contributed by atoms with Gasteiger partial charge in [-0.3, -0.25) is 4.79 Å². The van der Waals surface area contributed by atoms with Gasteiger partial charge in [0.15, 0.2) is 0 Å². The number of carbonyl (C=O) groups excluding carboxylic acids is 1. The van der Waals surface area contributed by atoms with Gasteiger partial charge in [-0.05, 0) is 46.8 Å². The average Bonchev–Trinajstić information content (AvgIpc) is 2.26. The van der Waals surface area contributed by atoms with E-state index in [2.05, 4.69) is 20.8 Å². The zero-order chi connectivity index (χ0) is 14.7. The summed E-state index contributed by atoms with van der Waals surface area (Å²) in [6.45, 7) is 9.83. The average molecular weight is 265 g/mol. The summed E-state index contributed by atoms with van der Waals surface area (Å²) in [4.78, 5) is 11.4. The second-order valence-electron chi connectivity index (χ2n) is 6.06. The van der Waals surface area contributed by atoms with E-state index in [1.165, 1.54) is 0 Å². The van der Waals surface area contributed by atoms with Crippen molar-refractivity contribution in [2.24, 2.45) is 5.73 Å². The fraction of sp³-hybridized carbons (Fsp3) is 0.615. The predicted octanol–water partition coefficient (Wildman–Crippen LogP) is 0.997. The van der Waals surface area contributed by atoms with Crippen LogP contribution in [0.1, 0.15) is 40.3 Å². The van der Waals surface area contributed by atoms with E-state index in [4.69, 9.17) is 5.73 Å². The molecule has 0 fully saturated rings. The molecule has 0 saturated carbocycles. The molecule has 0 aliphatic rings. The van der Waals surface area contributed by atoms with Gasteiger partial charge in [-0.1, -0.05) is 0 Å². The Bertz CT molecular complexity index is 433. The van der Waals surface area contributed by atoms with Crippen molar-refractivity contribution in [3.05, 3.63) is 17.8 Å². The highest BCUT2D eigenvalue weighted by Gasteiger charge is 2.24. The molecule has 1 rings (SSSR count). The van der Waals surface area contributed by atoms with Gasteiger partial charge in [-0.15, -0.1) is 5.10 Å². The summed E-state index contributed by atoms with van der Waals surface area (Å²) in [6, 6.07) is 3.70. The Hall–Kier alpha value is -1.69. The molecular formula is C13H23N5O. The molecule has 0 saturated heterocycles. The van der Waals surface area contributed by atoms with Crippen LogP contribution < -0.4 is 16.4 Å². The van der Waals surface area contributed by atoms with Gasteiger partial charge in [0.2, 0.25) is 5.91 Å². The Balaban J connectivity index is 2.83. The molecule has 1 aromatic rings. The van der Waals surface area contributed by atoms with Crippen LogP contribution in [0.3, 0.4) is 0 Å². The minimum Gasteiger partial charge on any atom is -0.364 e. The van der Waals surface area contributed by atoms with Crippen molar-refractivity contribution in [3.63, 3.8) is 0 Å². The van der Waals surface area contributed by atoms with Crippen molar-refractivity contribution in [2.75, 3.05) is 11.9 Å². The first kappa shape index (κ1) is 15.4. The van der Waals surface area contributed by atoms with Crippen LogP contribution in [0.5, 0.6) is 0 Å². The molecule has 0 bridgehead atoms. The number of anilines is 1. The number of amides is 1. The van der Waals surface area contributed by atoms with Crippen molar-refractivity contribution in [3.8, 4) is 0 Å². The van der Waals surface area contributed by atoms with Gasteiger partial charge < -0.3 is 16.4 Å². The topological polar surface area (TPSA) is 92.9 Å². The summed E-state index contributed by atoms with van der Waals surface area (Å²) in [5.41, 5.74) is 5.32. The van der Waals surface area contributed by atoms with E-state index in [1.807, 2.05) is 46.8 Å². The maximum atomic E-state index is 11.4. The van der Waals surface area contributed by atoms with Crippen molar-refractivity contribution in [1.29, 1.82) is 0 Å². The summed E-state index contributed by atoms with van der Waals surface area (Å²) < 4.78 is 0. The zero-order valence-corrected chi connectivity index (χ0v) is 12.2. The van der Waals surface area contributed by atoms with Crippen molar-refractivity contribution in [1.82, 2.24) is 15.5 Å². The Morgan fingerprint density at radius 3 is 2.26 bits per heavy atom. The summed E-state index contributed by atoms with van der Waals surface area (Å²) in [6.07, 6.45) is 0. The molecule has 1 heterocycles. The molecule has 106 valence electrons. The van der Waals surface area contributed by atoms with Gasteiger partial charge in [0.1, 0.15) is 5.82 Å². The molecule has 0 aliphatic heterocycles. The third-order valence-corrected chi connectivity index (χ3v) is 2.45. The molecule has 4 N–H and O–H groups in total.